The van der Waals surface area contributed by atoms with E-state index in [9.17, 15) is 10.2 Å². The van der Waals surface area contributed by atoms with Crippen LogP contribution in [0.5, 0.6) is 5.75 Å². The van der Waals surface area contributed by atoms with Gasteiger partial charge < -0.3 is 14.9 Å². The van der Waals surface area contributed by atoms with Gasteiger partial charge in [-0.05, 0) is 35.2 Å². The first-order valence-corrected chi connectivity index (χ1v) is 9.75. The van der Waals surface area contributed by atoms with Crippen molar-refractivity contribution >= 4 is 0 Å². The number of aliphatic hydroxyl groups excluding tert-OH is 2. The highest BCUT2D eigenvalue weighted by molar-refractivity contribution is 5.29. The molecule has 4 rings (SSSR count). The van der Waals surface area contributed by atoms with E-state index >= 15 is 0 Å². The molecule has 144 valence electrons. The molecule has 2 N–H and O–H groups in total. The molecule has 0 aromatic heterocycles. The van der Waals surface area contributed by atoms with E-state index < -0.39 is 6.10 Å². The van der Waals surface area contributed by atoms with Crippen LogP contribution in [0.2, 0.25) is 0 Å². The maximum absolute atomic E-state index is 10.4. The van der Waals surface area contributed by atoms with E-state index in [4.69, 9.17) is 4.74 Å². The molecule has 0 unspecified atom stereocenters. The van der Waals surface area contributed by atoms with E-state index in [1.807, 2.05) is 24.3 Å². The van der Waals surface area contributed by atoms with E-state index in [0.717, 1.165) is 44.9 Å². The second-order valence-corrected chi connectivity index (χ2v) is 7.71. The van der Waals surface area contributed by atoms with Gasteiger partial charge in [-0.2, -0.15) is 0 Å². The van der Waals surface area contributed by atoms with E-state index in [1.54, 1.807) is 0 Å². The number of likely N-dealkylation sites (tertiary alicyclic amines) is 1. The van der Waals surface area contributed by atoms with Gasteiger partial charge in [0, 0.05) is 39.3 Å². The lowest BCUT2D eigenvalue weighted by Gasteiger charge is -2.35. The quantitative estimate of drug-likeness (QED) is 0.779. The molecule has 5 nitrogen and oxygen atoms in total. The number of β-amino-alcohol motifs (C(OH)–C–C–N with tert-alkyl or cyclic N) is 2. The van der Waals surface area contributed by atoms with E-state index in [1.165, 1.54) is 16.7 Å². The van der Waals surface area contributed by atoms with Gasteiger partial charge in [0.1, 0.15) is 18.5 Å². The Hall–Kier alpha value is -1.92. The number of benzene rings is 2. The number of hydrogen-bond donors (Lipinski definition) is 2. The number of ether oxygens (including phenoxy) is 1. The van der Waals surface area contributed by atoms with Crippen molar-refractivity contribution in [2.45, 2.75) is 31.7 Å². The van der Waals surface area contributed by atoms with E-state index in [2.05, 4.69) is 34.1 Å². The van der Waals surface area contributed by atoms with Gasteiger partial charge in [0.15, 0.2) is 0 Å². The third-order valence-corrected chi connectivity index (χ3v) is 5.39. The molecule has 2 aromatic carbocycles. The first-order chi connectivity index (χ1) is 13.2. The van der Waals surface area contributed by atoms with Crippen LogP contribution in [0.15, 0.2) is 48.5 Å². The highest BCUT2D eigenvalue weighted by Gasteiger charge is 2.23. The lowest BCUT2D eigenvalue weighted by Crippen LogP contribution is -2.49. The Morgan fingerprint density at radius 1 is 1.00 bits per heavy atom. The molecule has 1 fully saturated rings. The number of hydrogen-bond acceptors (Lipinski definition) is 5. The summed E-state index contributed by atoms with van der Waals surface area (Å²) in [4.78, 5) is 4.50. The third kappa shape index (κ3) is 4.87. The highest BCUT2D eigenvalue weighted by atomic mass is 16.5. The molecule has 0 saturated carbocycles. The van der Waals surface area contributed by atoms with Crippen LogP contribution < -0.4 is 4.74 Å². The molecule has 2 heterocycles. The molecule has 0 radical (unpaired) electrons. The van der Waals surface area contributed by atoms with Crippen molar-refractivity contribution in [3.8, 4) is 5.75 Å². The van der Waals surface area contributed by atoms with Crippen LogP contribution in [0.4, 0.5) is 0 Å². The van der Waals surface area contributed by atoms with Gasteiger partial charge in [-0.25, -0.2) is 0 Å². The zero-order valence-corrected chi connectivity index (χ0v) is 15.6. The third-order valence-electron chi connectivity index (χ3n) is 5.39. The molecule has 1 saturated heterocycles. The molecule has 0 amide bonds. The Bertz CT molecular complexity index is 743. The molecule has 0 bridgehead atoms. The monoisotopic (exact) mass is 368 g/mol. The molecule has 2 aliphatic heterocycles. The van der Waals surface area contributed by atoms with Crippen molar-refractivity contribution in [3.63, 3.8) is 0 Å². The number of rotatable bonds is 7. The molecule has 5 heteroatoms. The second kappa shape index (κ2) is 8.40. The topological polar surface area (TPSA) is 56.2 Å². The lowest BCUT2D eigenvalue weighted by atomic mass is 10.00. The summed E-state index contributed by atoms with van der Waals surface area (Å²) in [5.74, 6) is 0.783. The van der Waals surface area contributed by atoms with Crippen LogP contribution in [0.1, 0.15) is 16.7 Å². The minimum atomic E-state index is -0.502. The van der Waals surface area contributed by atoms with Crippen LogP contribution in [0.25, 0.3) is 0 Å². The van der Waals surface area contributed by atoms with Gasteiger partial charge in [0.05, 0.1) is 6.10 Å². The van der Waals surface area contributed by atoms with Gasteiger partial charge in [0.25, 0.3) is 0 Å². The average Bonchev–Trinajstić information content (AvgIpc) is 2.66. The first kappa shape index (κ1) is 18.4. The van der Waals surface area contributed by atoms with Crippen molar-refractivity contribution in [1.29, 1.82) is 0 Å². The van der Waals surface area contributed by atoms with Crippen molar-refractivity contribution in [2.24, 2.45) is 0 Å². The molecular weight excluding hydrogens is 340 g/mol. The molecular formula is C22H28N2O3. The summed E-state index contributed by atoms with van der Waals surface area (Å²) in [5, 5.41) is 19.7. The summed E-state index contributed by atoms with van der Waals surface area (Å²) in [6.07, 6.45) is 0.374. The molecule has 2 aromatic rings. The second-order valence-electron chi connectivity index (χ2n) is 7.71. The van der Waals surface area contributed by atoms with Gasteiger partial charge >= 0.3 is 0 Å². The normalized spacial score (nSPS) is 19.3. The van der Waals surface area contributed by atoms with Crippen molar-refractivity contribution in [2.75, 3.05) is 32.8 Å². The standard InChI is InChI=1S/C22H28N2O3/c25-20-13-24(14-20)11-17-5-7-22(8-6-17)27-16-21(26)15-23-10-9-18-3-1-2-4-19(18)12-23/h1-8,20-21,25-26H,9-16H2/t21-/m1/s1. The summed E-state index contributed by atoms with van der Waals surface area (Å²) in [6, 6.07) is 16.5. The molecule has 0 aliphatic carbocycles. The molecule has 2 aliphatic rings. The van der Waals surface area contributed by atoms with E-state index in [-0.39, 0.29) is 6.10 Å². The van der Waals surface area contributed by atoms with Crippen LogP contribution in [-0.2, 0) is 19.5 Å². The van der Waals surface area contributed by atoms with Crippen LogP contribution in [0.3, 0.4) is 0 Å². The largest absolute Gasteiger partial charge is 0.491 e. The lowest BCUT2D eigenvalue weighted by molar-refractivity contribution is -0.00287. The zero-order valence-electron chi connectivity index (χ0n) is 15.6. The maximum Gasteiger partial charge on any atom is 0.119 e. The Kier molecular flexibility index (Phi) is 5.74. The van der Waals surface area contributed by atoms with Crippen LogP contribution >= 0.6 is 0 Å². The summed E-state index contributed by atoms with van der Waals surface area (Å²) < 4.78 is 5.77. The van der Waals surface area contributed by atoms with Crippen LogP contribution in [0, 0.1) is 0 Å². The molecule has 0 spiro atoms. The fourth-order valence-electron chi connectivity index (χ4n) is 3.87. The Labute approximate surface area is 160 Å². The summed E-state index contributed by atoms with van der Waals surface area (Å²) in [6.45, 7) is 5.17. The van der Waals surface area contributed by atoms with Crippen LogP contribution in [-0.4, -0.2) is 65.0 Å². The average molecular weight is 368 g/mol. The predicted octanol–water partition coefficient (Wildman–Crippen LogP) is 1.66. The van der Waals surface area contributed by atoms with Crippen molar-refractivity contribution in [1.82, 2.24) is 9.80 Å². The molecule has 27 heavy (non-hydrogen) atoms. The van der Waals surface area contributed by atoms with Gasteiger partial charge in [-0.3, -0.25) is 9.80 Å². The maximum atomic E-state index is 10.4. The van der Waals surface area contributed by atoms with Crippen molar-refractivity contribution in [3.05, 3.63) is 65.2 Å². The number of fused-ring (bicyclic) bond motifs is 1. The molecule has 1 atom stereocenters. The predicted molar refractivity (Wildman–Crippen MR) is 105 cm³/mol. The summed E-state index contributed by atoms with van der Waals surface area (Å²) >= 11 is 0. The van der Waals surface area contributed by atoms with E-state index in [0.29, 0.717) is 13.2 Å². The summed E-state index contributed by atoms with van der Waals surface area (Å²) in [5.41, 5.74) is 4.00. The number of nitrogens with zero attached hydrogens (tertiary/aromatic N) is 2. The summed E-state index contributed by atoms with van der Waals surface area (Å²) in [7, 11) is 0. The Balaban J connectivity index is 1.21. The Morgan fingerprint density at radius 2 is 1.74 bits per heavy atom. The Morgan fingerprint density at radius 3 is 2.48 bits per heavy atom. The minimum Gasteiger partial charge on any atom is -0.491 e. The van der Waals surface area contributed by atoms with Crippen molar-refractivity contribution < 1.29 is 14.9 Å². The zero-order chi connectivity index (χ0) is 18.6. The van der Waals surface area contributed by atoms with Gasteiger partial charge in [0.2, 0.25) is 0 Å². The van der Waals surface area contributed by atoms with Gasteiger partial charge in [-0.1, -0.05) is 36.4 Å². The smallest absolute Gasteiger partial charge is 0.119 e. The first-order valence-electron chi connectivity index (χ1n) is 9.75. The van der Waals surface area contributed by atoms with Gasteiger partial charge in [-0.15, -0.1) is 0 Å². The highest BCUT2D eigenvalue weighted by Crippen LogP contribution is 2.19. The fraction of sp³-hybridized carbons (Fsp3) is 0.455. The SMILES string of the molecule is OC1CN(Cc2ccc(OC[C@H](O)CN3CCc4ccccc4C3)cc2)C1. The fourth-order valence-corrected chi connectivity index (χ4v) is 3.87. The minimum absolute atomic E-state index is 0.164. The number of aliphatic hydroxyl groups is 2.